The van der Waals surface area contributed by atoms with E-state index in [4.69, 9.17) is 9.15 Å². The first kappa shape index (κ1) is 25.2. The van der Waals surface area contributed by atoms with Gasteiger partial charge in [-0.15, -0.1) is 17.5 Å². The van der Waals surface area contributed by atoms with Crippen LogP contribution in [0.1, 0.15) is 40.8 Å². The zero-order chi connectivity index (χ0) is 23.5. The minimum Gasteiger partial charge on any atom is -0.459 e. The van der Waals surface area contributed by atoms with Crippen LogP contribution in [0.3, 0.4) is 0 Å². The van der Waals surface area contributed by atoms with E-state index in [1.807, 2.05) is 23.7 Å². The highest BCUT2D eigenvalue weighted by Crippen LogP contribution is 2.30. The zero-order valence-corrected chi connectivity index (χ0v) is 20.9. The van der Waals surface area contributed by atoms with Gasteiger partial charge in [-0.25, -0.2) is 4.68 Å². The first-order chi connectivity index (χ1) is 16.6. The highest BCUT2D eigenvalue weighted by molar-refractivity contribution is 5.91. The van der Waals surface area contributed by atoms with Gasteiger partial charge in [-0.2, -0.15) is 0 Å². The molecule has 0 radical (unpaired) electrons. The normalized spacial score (nSPS) is 19.4. The van der Waals surface area contributed by atoms with Crippen LogP contribution in [0.2, 0.25) is 0 Å². The van der Waals surface area contributed by atoms with E-state index >= 15 is 0 Å². The molecular weight excluding hydrogens is 470 g/mol. The molecule has 2 atom stereocenters. The number of halogens is 1. The Bertz CT molecular complexity index is 1070. The summed E-state index contributed by atoms with van der Waals surface area (Å²) in [6.45, 7) is 4.08. The van der Waals surface area contributed by atoms with E-state index in [9.17, 15) is 4.79 Å². The van der Waals surface area contributed by atoms with Crippen molar-refractivity contribution in [3.63, 3.8) is 0 Å². The molecule has 0 spiro atoms. The summed E-state index contributed by atoms with van der Waals surface area (Å²) in [5, 5.41) is 12.8. The summed E-state index contributed by atoms with van der Waals surface area (Å²) in [6, 6.07) is 11.9. The maximum Gasteiger partial charge on any atom is 0.289 e. The van der Waals surface area contributed by atoms with Crippen molar-refractivity contribution >= 4 is 24.0 Å². The second-order valence-electron chi connectivity index (χ2n) is 9.05. The van der Waals surface area contributed by atoms with Crippen LogP contribution in [0.5, 0.6) is 0 Å². The summed E-state index contributed by atoms with van der Waals surface area (Å²) in [7, 11) is 4.06. The summed E-state index contributed by atoms with van der Waals surface area (Å²) in [6.07, 6.45) is 3.77. The quantitative estimate of drug-likeness (QED) is 0.487. The Morgan fingerprint density at radius 2 is 1.91 bits per heavy atom. The Morgan fingerprint density at radius 3 is 2.54 bits per heavy atom. The fourth-order valence-electron chi connectivity index (χ4n) is 4.74. The highest BCUT2D eigenvalue weighted by Gasteiger charge is 2.33. The van der Waals surface area contributed by atoms with Gasteiger partial charge in [0.25, 0.3) is 5.91 Å². The number of hydrogen-bond acceptors (Lipinski definition) is 8. The molecule has 2 aliphatic rings. The Balaban J connectivity index is 0.00000289. The third kappa shape index (κ3) is 5.50. The van der Waals surface area contributed by atoms with E-state index in [0.29, 0.717) is 38.5 Å². The molecule has 2 aromatic heterocycles. The lowest BCUT2D eigenvalue weighted by Crippen LogP contribution is -2.50. The minimum atomic E-state index is -0.117. The van der Waals surface area contributed by atoms with Crippen LogP contribution in [-0.4, -0.2) is 88.9 Å². The van der Waals surface area contributed by atoms with E-state index in [2.05, 4.69) is 49.6 Å². The number of carbonyl (C=O) groups excluding carboxylic acids is 1. The van der Waals surface area contributed by atoms with Gasteiger partial charge in [0.05, 0.1) is 25.0 Å². The number of piperazine rings is 1. The molecule has 10 nitrogen and oxygen atoms in total. The van der Waals surface area contributed by atoms with Crippen LogP contribution in [0.25, 0.3) is 0 Å². The molecule has 0 bridgehead atoms. The summed E-state index contributed by atoms with van der Waals surface area (Å²) in [5.74, 6) is 1.11. The number of nitrogens with zero attached hydrogens (tertiary/aromatic N) is 7. The molecule has 2 saturated heterocycles. The van der Waals surface area contributed by atoms with Crippen molar-refractivity contribution in [2.75, 3.05) is 51.8 Å². The molecule has 4 heterocycles. The smallest absolute Gasteiger partial charge is 0.289 e. The van der Waals surface area contributed by atoms with Crippen LogP contribution in [-0.2, 0) is 11.3 Å². The largest absolute Gasteiger partial charge is 0.459 e. The number of amides is 1. The Kier molecular flexibility index (Phi) is 8.04. The third-order valence-electron chi connectivity index (χ3n) is 6.63. The van der Waals surface area contributed by atoms with Crippen LogP contribution in [0.15, 0.2) is 47.1 Å². The Hall–Kier alpha value is -2.95. The van der Waals surface area contributed by atoms with E-state index < -0.39 is 0 Å². The molecule has 1 amide bonds. The van der Waals surface area contributed by atoms with E-state index in [1.165, 1.54) is 6.26 Å². The van der Waals surface area contributed by atoms with E-state index in [0.717, 1.165) is 36.5 Å². The van der Waals surface area contributed by atoms with Gasteiger partial charge < -0.3 is 19.0 Å². The molecule has 2 fully saturated rings. The average Bonchev–Trinajstić information content (AvgIpc) is 3.64. The van der Waals surface area contributed by atoms with Gasteiger partial charge in [-0.05, 0) is 53.1 Å². The monoisotopic (exact) mass is 501 g/mol. The van der Waals surface area contributed by atoms with Gasteiger partial charge in [-0.3, -0.25) is 9.69 Å². The lowest BCUT2D eigenvalue weighted by Gasteiger charge is -2.38. The number of furan rings is 1. The van der Waals surface area contributed by atoms with Crippen molar-refractivity contribution in [3.05, 3.63) is 59.8 Å². The minimum absolute atomic E-state index is 0. The van der Waals surface area contributed by atoms with Gasteiger partial charge in [0.1, 0.15) is 0 Å². The molecule has 2 aliphatic heterocycles. The van der Waals surface area contributed by atoms with Gasteiger partial charge in [0, 0.05) is 52.6 Å². The molecular formula is C24H32ClN7O3. The van der Waals surface area contributed by atoms with Crippen LogP contribution in [0, 0.1) is 0 Å². The number of tetrazole rings is 1. The topological polar surface area (TPSA) is 92.8 Å². The molecule has 0 N–H and O–H groups in total. The number of ether oxygens (including phenoxy) is 1. The fraction of sp³-hybridized carbons (Fsp3) is 0.500. The highest BCUT2D eigenvalue weighted by atomic mass is 35.5. The molecule has 2 unspecified atom stereocenters. The van der Waals surface area contributed by atoms with Crippen molar-refractivity contribution in [2.24, 2.45) is 0 Å². The van der Waals surface area contributed by atoms with Crippen molar-refractivity contribution in [3.8, 4) is 0 Å². The predicted octanol–water partition coefficient (Wildman–Crippen LogP) is 2.48. The second kappa shape index (κ2) is 11.2. The molecule has 0 saturated carbocycles. The molecule has 3 aromatic rings. The molecule has 1 aromatic carbocycles. The molecule has 5 rings (SSSR count). The SMILES string of the molecule is CN(C)c1ccc(C(c2nnnn2CC2CCCO2)N2CCN(C(=O)c3ccco3)CC2)cc1.Cl. The molecule has 11 heteroatoms. The number of aromatic nitrogens is 4. The summed E-state index contributed by atoms with van der Waals surface area (Å²) in [5.41, 5.74) is 2.26. The summed E-state index contributed by atoms with van der Waals surface area (Å²) in [4.78, 5) is 19.0. The van der Waals surface area contributed by atoms with Gasteiger partial charge in [-0.1, -0.05) is 12.1 Å². The number of hydrogen-bond donors (Lipinski definition) is 0. The van der Waals surface area contributed by atoms with Gasteiger partial charge in [0.2, 0.25) is 0 Å². The Labute approximate surface area is 211 Å². The van der Waals surface area contributed by atoms with E-state index in [1.54, 1.807) is 12.1 Å². The van der Waals surface area contributed by atoms with Crippen molar-refractivity contribution in [1.29, 1.82) is 0 Å². The maximum atomic E-state index is 12.7. The lowest BCUT2D eigenvalue weighted by molar-refractivity contribution is 0.0551. The van der Waals surface area contributed by atoms with Crippen LogP contribution in [0.4, 0.5) is 5.69 Å². The van der Waals surface area contributed by atoms with Gasteiger partial charge in [0.15, 0.2) is 11.6 Å². The average molecular weight is 502 g/mol. The van der Waals surface area contributed by atoms with Gasteiger partial charge >= 0.3 is 0 Å². The first-order valence-electron chi connectivity index (χ1n) is 11.8. The summed E-state index contributed by atoms with van der Waals surface area (Å²) >= 11 is 0. The molecule has 0 aliphatic carbocycles. The molecule has 35 heavy (non-hydrogen) atoms. The number of benzene rings is 1. The lowest BCUT2D eigenvalue weighted by atomic mass is 10.0. The number of anilines is 1. The Morgan fingerprint density at radius 1 is 1.14 bits per heavy atom. The summed E-state index contributed by atoms with van der Waals surface area (Å²) < 4.78 is 13.0. The maximum absolute atomic E-state index is 12.7. The van der Waals surface area contributed by atoms with Crippen molar-refractivity contribution in [2.45, 2.75) is 31.5 Å². The second-order valence-corrected chi connectivity index (χ2v) is 9.05. The van der Waals surface area contributed by atoms with Crippen LogP contribution >= 0.6 is 12.4 Å². The van der Waals surface area contributed by atoms with Crippen molar-refractivity contribution in [1.82, 2.24) is 30.0 Å². The standard InChI is InChI=1S/C24H31N7O3.ClH/c1-28(2)19-9-7-18(8-10-19)22(23-25-26-27-31(23)17-20-5-3-15-33-20)29-11-13-30(14-12-29)24(32)21-6-4-16-34-21;/h4,6-10,16,20,22H,3,5,11-15,17H2,1-2H3;1H. The fourth-order valence-corrected chi connectivity index (χ4v) is 4.74. The van der Waals surface area contributed by atoms with E-state index in [-0.39, 0.29) is 30.5 Å². The first-order valence-corrected chi connectivity index (χ1v) is 11.8. The zero-order valence-electron chi connectivity index (χ0n) is 20.1. The van der Waals surface area contributed by atoms with Crippen molar-refractivity contribution < 1.29 is 13.9 Å². The third-order valence-corrected chi connectivity index (χ3v) is 6.63. The number of carbonyl (C=O) groups is 1. The number of rotatable bonds is 7. The van der Waals surface area contributed by atoms with Crippen LogP contribution < -0.4 is 4.90 Å². The molecule has 188 valence electrons. The predicted molar refractivity (Wildman–Crippen MR) is 133 cm³/mol.